The number of hydrogen-bond donors (Lipinski definition) is 0. The second-order valence-corrected chi connectivity index (χ2v) is 6.49. The maximum absolute atomic E-state index is 6.14. The van der Waals surface area contributed by atoms with E-state index in [2.05, 4.69) is 61.5 Å². The van der Waals surface area contributed by atoms with Crippen LogP contribution in [0, 0.1) is 6.92 Å². The second kappa shape index (κ2) is 7.88. The van der Waals surface area contributed by atoms with Gasteiger partial charge in [-0.25, -0.2) is 4.98 Å². The van der Waals surface area contributed by atoms with Gasteiger partial charge in [-0.1, -0.05) is 91.0 Å². The van der Waals surface area contributed by atoms with Crippen LogP contribution in [0.1, 0.15) is 11.1 Å². The van der Waals surface area contributed by atoms with E-state index in [0.717, 1.165) is 27.9 Å². The van der Waals surface area contributed by atoms with E-state index >= 15 is 0 Å². The van der Waals surface area contributed by atoms with Gasteiger partial charge in [0.15, 0.2) is 0 Å². The molecule has 0 fully saturated rings. The van der Waals surface area contributed by atoms with E-state index in [1.165, 1.54) is 5.56 Å². The predicted molar refractivity (Wildman–Crippen MR) is 111 cm³/mol. The standard InChI is InChI=1S/C25H21NO/c1-19-23(21-13-7-3-8-14-21)17-24(22-15-9-4-10-16-22)26-25(19)27-18-20-11-5-2-6-12-20/h2-17H,18H2,1H3. The SMILES string of the molecule is Cc1c(-c2ccccc2)cc(-c2ccccc2)nc1OCc1ccccc1. The number of pyridine rings is 1. The average molecular weight is 351 g/mol. The summed E-state index contributed by atoms with van der Waals surface area (Å²) in [6.07, 6.45) is 0. The molecule has 27 heavy (non-hydrogen) atoms. The Balaban J connectivity index is 1.77. The molecule has 1 aromatic heterocycles. The van der Waals surface area contributed by atoms with Crippen molar-refractivity contribution in [1.29, 1.82) is 0 Å². The first-order valence-corrected chi connectivity index (χ1v) is 9.10. The van der Waals surface area contributed by atoms with Crippen molar-refractivity contribution in [3.8, 4) is 28.3 Å². The van der Waals surface area contributed by atoms with Crippen LogP contribution in [0.2, 0.25) is 0 Å². The maximum atomic E-state index is 6.14. The molecule has 0 aliphatic rings. The van der Waals surface area contributed by atoms with E-state index in [0.29, 0.717) is 12.5 Å². The lowest BCUT2D eigenvalue weighted by atomic mass is 9.99. The van der Waals surface area contributed by atoms with Crippen LogP contribution < -0.4 is 4.74 Å². The van der Waals surface area contributed by atoms with Crippen molar-refractivity contribution in [3.05, 3.63) is 108 Å². The van der Waals surface area contributed by atoms with Crippen LogP contribution in [0.3, 0.4) is 0 Å². The number of aromatic nitrogens is 1. The first kappa shape index (κ1) is 17.0. The predicted octanol–water partition coefficient (Wildman–Crippen LogP) is 6.30. The normalized spacial score (nSPS) is 10.6. The molecule has 0 spiro atoms. The Morgan fingerprint density at radius 3 is 1.89 bits per heavy atom. The van der Waals surface area contributed by atoms with Crippen LogP contribution >= 0.6 is 0 Å². The summed E-state index contributed by atoms with van der Waals surface area (Å²) in [7, 11) is 0. The lowest BCUT2D eigenvalue weighted by molar-refractivity contribution is 0.292. The van der Waals surface area contributed by atoms with E-state index < -0.39 is 0 Å². The average Bonchev–Trinajstić information content (AvgIpc) is 2.75. The third-order valence-corrected chi connectivity index (χ3v) is 4.60. The highest BCUT2D eigenvalue weighted by Gasteiger charge is 2.13. The minimum Gasteiger partial charge on any atom is -0.473 e. The number of ether oxygens (including phenoxy) is 1. The molecule has 4 aromatic rings. The fraction of sp³-hybridized carbons (Fsp3) is 0.0800. The van der Waals surface area contributed by atoms with Gasteiger partial charge in [-0.2, -0.15) is 0 Å². The zero-order chi connectivity index (χ0) is 18.5. The molecule has 132 valence electrons. The summed E-state index contributed by atoms with van der Waals surface area (Å²) in [4.78, 5) is 4.82. The van der Waals surface area contributed by atoms with Gasteiger partial charge in [0.25, 0.3) is 0 Å². The van der Waals surface area contributed by atoms with Crippen LogP contribution in [-0.2, 0) is 6.61 Å². The van der Waals surface area contributed by atoms with E-state index in [1.807, 2.05) is 42.5 Å². The summed E-state index contributed by atoms with van der Waals surface area (Å²) in [5, 5.41) is 0. The van der Waals surface area contributed by atoms with Gasteiger partial charge in [-0.3, -0.25) is 0 Å². The summed E-state index contributed by atoms with van der Waals surface area (Å²) < 4.78 is 6.14. The van der Waals surface area contributed by atoms with Crippen molar-refractivity contribution in [3.63, 3.8) is 0 Å². The Hall–Kier alpha value is -3.39. The monoisotopic (exact) mass is 351 g/mol. The van der Waals surface area contributed by atoms with Crippen molar-refractivity contribution >= 4 is 0 Å². The van der Waals surface area contributed by atoms with Gasteiger partial charge in [0.2, 0.25) is 5.88 Å². The third kappa shape index (κ3) is 3.90. The van der Waals surface area contributed by atoms with Crippen LogP contribution in [0.25, 0.3) is 22.4 Å². The van der Waals surface area contributed by atoms with Gasteiger partial charge < -0.3 is 4.74 Å². The Labute approximate surface area is 160 Å². The molecule has 1 heterocycles. The Morgan fingerprint density at radius 2 is 1.26 bits per heavy atom. The highest BCUT2D eigenvalue weighted by Crippen LogP contribution is 2.33. The zero-order valence-corrected chi connectivity index (χ0v) is 15.3. The maximum Gasteiger partial charge on any atom is 0.217 e. The van der Waals surface area contributed by atoms with Crippen molar-refractivity contribution < 1.29 is 4.74 Å². The molecule has 0 bridgehead atoms. The molecule has 0 radical (unpaired) electrons. The Morgan fingerprint density at radius 1 is 0.704 bits per heavy atom. The van der Waals surface area contributed by atoms with Crippen molar-refractivity contribution in [1.82, 2.24) is 4.98 Å². The smallest absolute Gasteiger partial charge is 0.217 e. The molecule has 0 atom stereocenters. The van der Waals surface area contributed by atoms with Crippen molar-refractivity contribution in [2.24, 2.45) is 0 Å². The highest BCUT2D eigenvalue weighted by molar-refractivity contribution is 5.75. The molecule has 0 aliphatic heterocycles. The molecule has 4 rings (SSSR count). The zero-order valence-electron chi connectivity index (χ0n) is 15.3. The van der Waals surface area contributed by atoms with Gasteiger partial charge in [0.05, 0.1) is 5.69 Å². The summed E-state index contributed by atoms with van der Waals surface area (Å²) in [5.41, 5.74) is 6.50. The number of hydrogen-bond acceptors (Lipinski definition) is 2. The van der Waals surface area contributed by atoms with Crippen LogP contribution in [0.15, 0.2) is 97.1 Å². The minimum atomic E-state index is 0.501. The molecular formula is C25H21NO. The van der Waals surface area contributed by atoms with Crippen molar-refractivity contribution in [2.45, 2.75) is 13.5 Å². The molecule has 0 saturated carbocycles. The Kier molecular flexibility index (Phi) is 4.97. The van der Waals surface area contributed by atoms with E-state index in [4.69, 9.17) is 9.72 Å². The minimum absolute atomic E-state index is 0.501. The number of rotatable bonds is 5. The molecule has 0 saturated heterocycles. The second-order valence-electron chi connectivity index (χ2n) is 6.49. The summed E-state index contributed by atoms with van der Waals surface area (Å²) in [6, 6.07) is 33.0. The molecular weight excluding hydrogens is 330 g/mol. The van der Waals surface area contributed by atoms with Crippen molar-refractivity contribution in [2.75, 3.05) is 0 Å². The topological polar surface area (TPSA) is 22.1 Å². The molecule has 0 amide bonds. The van der Waals surface area contributed by atoms with E-state index in [9.17, 15) is 0 Å². The summed E-state index contributed by atoms with van der Waals surface area (Å²) in [6.45, 7) is 2.57. The van der Waals surface area contributed by atoms with Crippen LogP contribution in [0.5, 0.6) is 5.88 Å². The first-order chi connectivity index (χ1) is 13.3. The van der Waals surface area contributed by atoms with Gasteiger partial charge in [-0.05, 0) is 29.7 Å². The van der Waals surface area contributed by atoms with E-state index in [1.54, 1.807) is 0 Å². The lowest BCUT2D eigenvalue weighted by Gasteiger charge is -2.15. The van der Waals surface area contributed by atoms with Crippen LogP contribution in [-0.4, -0.2) is 4.98 Å². The largest absolute Gasteiger partial charge is 0.473 e. The van der Waals surface area contributed by atoms with Gasteiger partial charge >= 0.3 is 0 Å². The molecule has 3 aromatic carbocycles. The third-order valence-electron chi connectivity index (χ3n) is 4.60. The van der Waals surface area contributed by atoms with Gasteiger partial charge in [-0.15, -0.1) is 0 Å². The number of nitrogens with zero attached hydrogens (tertiary/aromatic N) is 1. The first-order valence-electron chi connectivity index (χ1n) is 9.10. The molecule has 0 unspecified atom stereocenters. The Bertz CT molecular complexity index is 1010. The molecule has 2 nitrogen and oxygen atoms in total. The lowest BCUT2D eigenvalue weighted by Crippen LogP contribution is -2.01. The molecule has 2 heteroatoms. The summed E-state index contributed by atoms with van der Waals surface area (Å²) >= 11 is 0. The molecule has 0 N–H and O–H groups in total. The molecule has 0 aliphatic carbocycles. The van der Waals surface area contributed by atoms with Gasteiger partial charge in [0.1, 0.15) is 6.61 Å². The van der Waals surface area contributed by atoms with E-state index in [-0.39, 0.29) is 0 Å². The van der Waals surface area contributed by atoms with Crippen LogP contribution in [0.4, 0.5) is 0 Å². The quantitative estimate of drug-likeness (QED) is 0.421. The highest BCUT2D eigenvalue weighted by atomic mass is 16.5. The van der Waals surface area contributed by atoms with Gasteiger partial charge in [0, 0.05) is 11.1 Å². The summed E-state index contributed by atoms with van der Waals surface area (Å²) in [5.74, 6) is 0.680. The number of benzene rings is 3. The fourth-order valence-corrected chi connectivity index (χ4v) is 3.13. The fourth-order valence-electron chi connectivity index (χ4n) is 3.13.